The molecule has 2 heterocycles. The summed E-state index contributed by atoms with van der Waals surface area (Å²) in [6.45, 7) is 3.61. The molecule has 1 unspecified atom stereocenters. The third-order valence-corrected chi connectivity index (χ3v) is 5.33. The summed E-state index contributed by atoms with van der Waals surface area (Å²) in [5, 5.41) is 5.75. The predicted molar refractivity (Wildman–Crippen MR) is 115 cm³/mol. The summed E-state index contributed by atoms with van der Waals surface area (Å²) in [7, 11) is 0. The molecule has 7 nitrogen and oxygen atoms in total. The molecule has 1 fully saturated rings. The number of urea groups is 1. The van der Waals surface area contributed by atoms with Gasteiger partial charge in [-0.2, -0.15) is 0 Å². The molecule has 0 spiro atoms. The first kappa shape index (κ1) is 20.1. The Balaban J connectivity index is 1.32. The normalized spacial score (nSPS) is 17.7. The van der Waals surface area contributed by atoms with E-state index in [1.165, 1.54) is 5.56 Å². The number of hydrogen-bond donors (Lipinski definition) is 2. The second-order valence-corrected chi connectivity index (χ2v) is 7.63. The third-order valence-electron chi connectivity index (χ3n) is 5.33. The Bertz CT molecular complexity index is 913. The number of amides is 3. The summed E-state index contributed by atoms with van der Waals surface area (Å²) in [6.07, 6.45) is 3.62. The second kappa shape index (κ2) is 9.07. The van der Waals surface area contributed by atoms with Crippen LogP contribution in [0.5, 0.6) is 11.5 Å². The molecule has 2 N–H and O–H groups in total. The van der Waals surface area contributed by atoms with Gasteiger partial charge in [0.05, 0.1) is 6.04 Å². The first-order valence-electron chi connectivity index (χ1n) is 10.5. The van der Waals surface area contributed by atoms with E-state index in [-0.39, 0.29) is 24.4 Å². The number of fused-ring (bicyclic) bond motifs is 1. The molecule has 0 radical (unpaired) electrons. The zero-order valence-corrected chi connectivity index (χ0v) is 17.1. The van der Waals surface area contributed by atoms with E-state index in [2.05, 4.69) is 17.6 Å². The lowest BCUT2D eigenvalue weighted by Gasteiger charge is -2.22. The summed E-state index contributed by atoms with van der Waals surface area (Å²) in [5.41, 5.74) is 2.75. The van der Waals surface area contributed by atoms with Crippen LogP contribution in [-0.4, -0.2) is 37.7 Å². The van der Waals surface area contributed by atoms with Crippen LogP contribution >= 0.6 is 0 Å². The van der Waals surface area contributed by atoms with Gasteiger partial charge in [-0.15, -0.1) is 0 Å². The van der Waals surface area contributed by atoms with Crippen LogP contribution in [0.15, 0.2) is 42.5 Å². The van der Waals surface area contributed by atoms with E-state index >= 15 is 0 Å². The summed E-state index contributed by atoms with van der Waals surface area (Å²) >= 11 is 0. The molecule has 3 amide bonds. The average Bonchev–Trinajstić information content (AvgIpc) is 3.12. The first-order valence-corrected chi connectivity index (χ1v) is 10.5. The Labute approximate surface area is 176 Å². The summed E-state index contributed by atoms with van der Waals surface area (Å²) in [4.78, 5) is 26.5. The van der Waals surface area contributed by atoms with Gasteiger partial charge in [-0.1, -0.05) is 25.5 Å². The molecule has 7 heteroatoms. The van der Waals surface area contributed by atoms with Crippen molar-refractivity contribution in [2.24, 2.45) is 0 Å². The maximum Gasteiger partial charge on any atom is 0.319 e. The molecular weight excluding hydrogens is 382 g/mol. The summed E-state index contributed by atoms with van der Waals surface area (Å²) < 4.78 is 11.1. The van der Waals surface area contributed by atoms with Gasteiger partial charge in [-0.25, -0.2) is 4.79 Å². The predicted octanol–water partition coefficient (Wildman–Crippen LogP) is 3.73. The Hall–Kier alpha value is -3.22. The molecule has 1 atom stereocenters. The second-order valence-electron chi connectivity index (χ2n) is 7.63. The van der Waals surface area contributed by atoms with Crippen LogP contribution in [-0.2, 0) is 11.2 Å². The maximum absolute atomic E-state index is 12.5. The van der Waals surface area contributed by atoms with Crippen molar-refractivity contribution in [1.82, 2.24) is 5.32 Å². The maximum atomic E-state index is 12.5. The number of aryl methyl sites for hydroxylation is 1. The first-order chi connectivity index (χ1) is 14.6. The van der Waals surface area contributed by atoms with Gasteiger partial charge in [0.2, 0.25) is 5.91 Å². The minimum Gasteiger partial charge on any atom is -0.486 e. The van der Waals surface area contributed by atoms with Gasteiger partial charge in [0.25, 0.3) is 0 Å². The highest BCUT2D eigenvalue weighted by molar-refractivity contribution is 5.98. The fraction of sp³-hybridized carbons (Fsp3) is 0.391. The topological polar surface area (TPSA) is 79.9 Å². The van der Waals surface area contributed by atoms with Crippen molar-refractivity contribution in [2.75, 3.05) is 30.0 Å². The van der Waals surface area contributed by atoms with Crippen LogP contribution in [0.4, 0.5) is 16.2 Å². The van der Waals surface area contributed by atoms with Crippen LogP contribution in [0.3, 0.4) is 0 Å². The van der Waals surface area contributed by atoms with Crippen LogP contribution in [0.2, 0.25) is 0 Å². The minimum absolute atomic E-state index is 0.0303. The molecule has 0 aliphatic carbocycles. The summed E-state index contributed by atoms with van der Waals surface area (Å²) in [6, 6.07) is 12.8. The lowest BCUT2D eigenvalue weighted by Crippen LogP contribution is -2.39. The van der Waals surface area contributed by atoms with E-state index in [0.29, 0.717) is 31.3 Å². The highest BCUT2D eigenvalue weighted by Gasteiger charge is 2.32. The molecule has 158 valence electrons. The zero-order chi connectivity index (χ0) is 20.9. The van der Waals surface area contributed by atoms with Crippen molar-refractivity contribution >= 4 is 23.3 Å². The van der Waals surface area contributed by atoms with Crippen LogP contribution in [0, 0.1) is 0 Å². The Kier molecular flexibility index (Phi) is 6.07. The largest absolute Gasteiger partial charge is 0.486 e. The van der Waals surface area contributed by atoms with Crippen molar-refractivity contribution in [3.63, 3.8) is 0 Å². The van der Waals surface area contributed by atoms with Crippen molar-refractivity contribution in [3.05, 3.63) is 48.0 Å². The number of nitrogens with one attached hydrogen (secondary N) is 2. The van der Waals surface area contributed by atoms with Gasteiger partial charge in [-0.05, 0) is 42.7 Å². The molecule has 1 saturated heterocycles. The monoisotopic (exact) mass is 409 g/mol. The van der Waals surface area contributed by atoms with Crippen molar-refractivity contribution in [1.29, 1.82) is 0 Å². The number of carbonyl (C=O) groups is 2. The van der Waals surface area contributed by atoms with Crippen LogP contribution < -0.4 is 25.0 Å². The van der Waals surface area contributed by atoms with E-state index in [4.69, 9.17) is 9.47 Å². The highest BCUT2D eigenvalue weighted by Crippen LogP contribution is 2.35. The van der Waals surface area contributed by atoms with Gasteiger partial charge in [0, 0.05) is 30.4 Å². The van der Waals surface area contributed by atoms with Crippen molar-refractivity contribution in [2.45, 2.75) is 38.6 Å². The van der Waals surface area contributed by atoms with Crippen molar-refractivity contribution in [3.8, 4) is 11.5 Å². The number of ether oxygens (including phenoxy) is 2. The Morgan fingerprint density at radius 3 is 2.63 bits per heavy atom. The number of benzene rings is 2. The summed E-state index contributed by atoms with van der Waals surface area (Å²) in [5.74, 6) is 1.30. The highest BCUT2D eigenvalue weighted by atomic mass is 16.6. The molecular formula is C23H27N3O4. The fourth-order valence-corrected chi connectivity index (χ4v) is 3.74. The Morgan fingerprint density at radius 2 is 1.87 bits per heavy atom. The van der Waals surface area contributed by atoms with E-state index in [0.717, 1.165) is 30.6 Å². The van der Waals surface area contributed by atoms with E-state index in [1.54, 1.807) is 4.90 Å². The molecule has 0 saturated carbocycles. The van der Waals surface area contributed by atoms with Gasteiger partial charge in [0.15, 0.2) is 11.5 Å². The van der Waals surface area contributed by atoms with Crippen LogP contribution in [0.25, 0.3) is 0 Å². The molecule has 2 aliphatic heterocycles. The number of nitrogens with zero attached hydrogens (tertiary/aromatic N) is 1. The van der Waals surface area contributed by atoms with E-state index in [1.807, 2.05) is 42.5 Å². The number of carbonyl (C=O) groups excluding carboxylic acids is 2. The van der Waals surface area contributed by atoms with Gasteiger partial charge >= 0.3 is 6.03 Å². The van der Waals surface area contributed by atoms with Gasteiger partial charge in [0.1, 0.15) is 13.2 Å². The number of hydrogen-bond acceptors (Lipinski definition) is 4. The fourth-order valence-electron chi connectivity index (χ4n) is 3.74. The minimum atomic E-state index is -0.307. The smallest absolute Gasteiger partial charge is 0.319 e. The molecule has 2 aliphatic rings. The number of rotatable bonds is 6. The number of anilines is 2. The van der Waals surface area contributed by atoms with Crippen LogP contribution in [0.1, 0.15) is 31.7 Å². The van der Waals surface area contributed by atoms with E-state index < -0.39 is 0 Å². The number of unbranched alkanes of at least 4 members (excludes halogenated alkanes) is 1. The Morgan fingerprint density at radius 1 is 1.10 bits per heavy atom. The average molecular weight is 409 g/mol. The van der Waals surface area contributed by atoms with Gasteiger partial charge in [-0.3, -0.25) is 4.79 Å². The molecule has 0 bridgehead atoms. The SMILES string of the molecule is CCCCc1ccc(NC(=O)NC2CC(=O)N(c3ccc4c(c3)OCCO4)C2)cc1. The lowest BCUT2D eigenvalue weighted by molar-refractivity contribution is -0.117. The quantitative estimate of drug-likeness (QED) is 0.762. The van der Waals surface area contributed by atoms with Gasteiger partial charge < -0.3 is 25.0 Å². The third kappa shape index (κ3) is 4.67. The zero-order valence-electron chi connectivity index (χ0n) is 17.1. The molecule has 2 aromatic rings. The molecule has 30 heavy (non-hydrogen) atoms. The van der Waals surface area contributed by atoms with E-state index in [9.17, 15) is 9.59 Å². The van der Waals surface area contributed by atoms with Crippen molar-refractivity contribution < 1.29 is 19.1 Å². The molecule has 0 aromatic heterocycles. The standard InChI is InChI=1S/C23H27N3O4/c1-2-3-4-16-5-7-17(8-6-16)24-23(28)25-18-13-22(27)26(15-18)19-9-10-20-21(14-19)30-12-11-29-20/h5-10,14,18H,2-4,11-13,15H2,1H3,(H2,24,25,28). The molecule has 4 rings (SSSR count). The molecule has 2 aromatic carbocycles. The lowest BCUT2D eigenvalue weighted by atomic mass is 10.1.